The Morgan fingerprint density at radius 1 is 1.53 bits per heavy atom. The van der Waals surface area contributed by atoms with Gasteiger partial charge in [-0.25, -0.2) is 4.98 Å². The first-order chi connectivity index (χ1) is 9.11. The van der Waals surface area contributed by atoms with Gasteiger partial charge in [0.1, 0.15) is 0 Å². The van der Waals surface area contributed by atoms with Crippen LogP contribution in [0.5, 0.6) is 0 Å². The van der Waals surface area contributed by atoms with E-state index >= 15 is 0 Å². The van der Waals surface area contributed by atoms with Crippen molar-refractivity contribution in [2.24, 2.45) is 5.92 Å². The summed E-state index contributed by atoms with van der Waals surface area (Å²) in [4.78, 5) is 18.4. The number of hydrogen-bond donors (Lipinski definition) is 1. The summed E-state index contributed by atoms with van der Waals surface area (Å²) in [6.07, 6.45) is 5.11. The van der Waals surface area contributed by atoms with Crippen molar-refractivity contribution in [3.8, 4) is 0 Å². The molecule has 4 nitrogen and oxygen atoms in total. The fourth-order valence-corrected chi connectivity index (χ4v) is 2.83. The molecule has 1 aliphatic rings. The number of aromatic nitrogens is 1. The minimum atomic E-state index is -0.277. The number of carbonyl (C=O) groups is 1. The molecule has 1 fully saturated rings. The van der Waals surface area contributed by atoms with E-state index in [1.54, 1.807) is 12.3 Å². The predicted octanol–water partition coefficient (Wildman–Crippen LogP) is 2.04. The van der Waals surface area contributed by atoms with E-state index < -0.39 is 0 Å². The molecule has 1 atom stereocenters. The molecular formula is C14H20N2O2S. The molecule has 0 aliphatic carbocycles. The van der Waals surface area contributed by atoms with Crippen molar-refractivity contribution >= 4 is 17.7 Å². The third-order valence-electron chi connectivity index (χ3n) is 3.70. The highest BCUT2D eigenvalue weighted by molar-refractivity contribution is 7.98. The lowest BCUT2D eigenvalue weighted by Gasteiger charge is -2.33. The summed E-state index contributed by atoms with van der Waals surface area (Å²) in [5.74, 6) is 0.394. The standard InChI is InChI=1S/C14H20N2O2S/c1-10(17)11-4-7-16(8-5-11)14(18)12-3-6-15-13(9-12)19-2/h3,6,9-11,17H,4-5,7-8H2,1-2H3. The van der Waals surface area contributed by atoms with Crippen molar-refractivity contribution in [2.45, 2.75) is 30.9 Å². The van der Waals surface area contributed by atoms with Crippen LogP contribution in [-0.4, -0.2) is 46.3 Å². The zero-order valence-electron chi connectivity index (χ0n) is 11.4. The van der Waals surface area contributed by atoms with Crippen LogP contribution in [0.4, 0.5) is 0 Å². The van der Waals surface area contributed by atoms with Gasteiger partial charge in [0.2, 0.25) is 0 Å². The number of piperidine rings is 1. The second-order valence-electron chi connectivity index (χ2n) is 4.96. The molecule has 0 radical (unpaired) electrons. The molecule has 1 aromatic heterocycles. The van der Waals surface area contributed by atoms with Gasteiger partial charge < -0.3 is 10.0 Å². The van der Waals surface area contributed by atoms with Crippen molar-refractivity contribution in [2.75, 3.05) is 19.3 Å². The normalized spacial score (nSPS) is 18.4. The number of carbonyl (C=O) groups excluding carboxylic acids is 1. The van der Waals surface area contributed by atoms with Gasteiger partial charge in [0, 0.05) is 24.8 Å². The molecule has 1 aliphatic heterocycles. The van der Waals surface area contributed by atoms with Crippen molar-refractivity contribution in [1.82, 2.24) is 9.88 Å². The number of aliphatic hydroxyl groups is 1. The fraction of sp³-hybridized carbons (Fsp3) is 0.571. The molecule has 0 aromatic carbocycles. The summed E-state index contributed by atoms with van der Waals surface area (Å²) in [6, 6.07) is 3.61. The molecule has 0 saturated carbocycles. The van der Waals surface area contributed by atoms with Gasteiger partial charge in [0.15, 0.2) is 0 Å². The van der Waals surface area contributed by atoms with Gasteiger partial charge >= 0.3 is 0 Å². The Kier molecular flexibility index (Phi) is 4.82. The number of thioether (sulfide) groups is 1. The van der Waals surface area contributed by atoms with E-state index in [4.69, 9.17) is 0 Å². The van der Waals surface area contributed by atoms with Crippen LogP contribution in [0.15, 0.2) is 23.4 Å². The number of nitrogens with zero attached hydrogens (tertiary/aromatic N) is 2. The van der Waals surface area contributed by atoms with Crippen molar-refractivity contribution in [1.29, 1.82) is 0 Å². The van der Waals surface area contributed by atoms with Gasteiger partial charge in [-0.15, -0.1) is 11.8 Å². The summed E-state index contributed by atoms with van der Waals surface area (Å²) >= 11 is 1.54. The van der Waals surface area contributed by atoms with Gasteiger partial charge in [0.25, 0.3) is 5.91 Å². The number of pyridine rings is 1. The Morgan fingerprint density at radius 3 is 2.79 bits per heavy atom. The Labute approximate surface area is 118 Å². The van der Waals surface area contributed by atoms with Crippen LogP contribution in [0.1, 0.15) is 30.1 Å². The molecule has 5 heteroatoms. The number of hydrogen-bond acceptors (Lipinski definition) is 4. The van der Waals surface area contributed by atoms with Crippen LogP contribution >= 0.6 is 11.8 Å². The number of aliphatic hydroxyl groups excluding tert-OH is 1. The second kappa shape index (κ2) is 6.39. The molecule has 104 valence electrons. The van der Waals surface area contributed by atoms with Gasteiger partial charge in [-0.1, -0.05) is 0 Å². The minimum Gasteiger partial charge on any atom is -0.393 e. The number of likely N-dealkylation sites (tertiary alicyclic amines) is 1. The van der Waals surface area contributed by atoms with Crippen LogP contribution in [0.25, 0.3) is 0 Å². The molecule has 2 heterocycles. The average Bonchev–Trinajstić information content (AvgIpc) is 2.46. The summed E-state index contributed by atoms with van der Waals surface area (Å²) in [5, 5.41) is 10.4. The van der Waals surface area contributed by atoms with E-state index in [2.05, 4.69) is 4.98 Å². The maximum atomic E-state index is 12.4. The summed E-state index contributed by atoms with van der Waals surface area (Å²) in [6.45, 7) is 3.28. The van der Waals surface area contributed by atoms with Crippen molar-refractivity contribution in [3.63, 3.8) is 0 Å². The Balaban J connectivity index is 2.01. The van der Waals surface area contributed by atoms with Crippen LogP contribution in [0.2, 0.25) is 0 Å². The molecule has 1 amide bonds. The molecule has 1 unspecified atom stereocenters. The lowest BCUT2D eigenvalue weighted by Crippen LogP contribution is -2.40. The molecule has 1 aromatic rings. The SMILES string of the molecule is CSc1cc(C(=O)N2CCC(C(C)O)CC2)ccn1. The van der Waals surface area contributed by atoms with E-state index in [0.29, 0.717) is 11.5 Å². The van der Waals surface area contributed by atoms with E-state index in [1.165, 1.54) is 11.8 Å². The van der Waals surface area contributed by atoms with Crippen molar-refractivity contribution in [3.05, 3.63) is 23.9 Å². The molecule has 19 heavy (non-hydrogen) atoms. The Morgan fingerprint density at radius 2 is 2.21 bits per heavy atom. The average molecular weight is 280 g/mol. The fourth-order valence-electron chi connectivity index (χ4n) is 2.42. The first kappa shape index (κ1) is 14.3. The van der Waals surface area contributed by atoms with E-state index in [0.717, 1.165) is 31.0 Å². The van der Waals surface area contributed by atoms with E-state index in [-0.39, 0.29) is 12.0 Å². The molecule has 2 rings (SSSR count). The molecule has 1 saturated heterocycles. The highest BCUT2D eigenvalue weighted by atomic mass is 32.2. The highest BCUT2D eigenvalue weighted by Crippen LogP contribution is 2.22. The Bertz CT molecular complexity index is 443. The van der Waals surface area contributed by atoms with E-state index in [9.17, 15) is 9.90 Å². The number of rotatable bonds is 3. The molecule has 0 bridgehead atoms. The van der Waals surface area contributed by atoms with Gasteiger partial charge in [0.05, 0.1) is 11.1 Å². The summed E-state index contributed by atoms with van der Waals surface area (Å²) in [7, 11) is 0. The van der Waals surface area contributed by atoms with Crippen LogP contribution in [0, 0.1) is 5.92 Å². The maximum Gasteiger partial charge on any atom is 0.254 e. The predicted molar refractivity (Wildman–Crippen MR) is 76.3 cm³/mol. The zero-order chi connectivity index (χ0) is 13.8. The summed E-state index contributed by atoms with van der Waals surface area (Å²) < 4.78 is 0. The first-order valence-corrected chi connectivity index (χ1v) is 7.81. The maximum absolute atomic E-state index is 12.4. The first-order valence-electron chi connectivity index (χ1n) is 6.59. The third kappa shape index (κ3) is 3.48. The zero-order valence-corrected chi connectivity index (χ0v) is 12.2. The third-order valence-corrected chi connectivity index (χ3v) is 4.34. The summed E-state index contributed by atoms with van der Waals surface area (Å²) in [5.41, 5.74) is 0.704. The van der Waals surface area contributed by atoms with Gasteiger partial charge in [-0.05, 0) is 44.1 Å². The lowest BCUT2D eigenvalue weighted by molar-refractivity contribution is 0.0521. The van der Waals surface area contributed by atoms with Gasteiger partial charge in [-0.3, -0.25) is 4.79 Å². The minimum absolute atomic E-state index is 0.0711. The molecule has 1 N–H and O–H groups in total. The van der Waals surface area contributed by atoms with Crippen LogP contribution < -0.4 is 0 Å². The lowest BCUT2D eigenvalue weighted by atomic mass is 9.92. The van der Waals surface area contributed by atoms with Gasteiger partial charge in [-0.2, -0.15) is 0 Å². The van der Waals surface area contributed by atoms with Crippen molar-refractivity contribution < 1.29 is 9.90 Å². The van der Waals surface area contributed by atoms with Crippen LogP contribution in [-0.2, 0) is 0 Å². The number of amides is 1. The van der Waals surface area contributed by atoms with E-state index in [1.807, 2.05) is 24.1 Å². The Hall–Kier alpha value is -1.07. The quantitative estimate of drug-likeness (QED) is 0.861. The second-order valence-corrected chi connectivity index (χ2v) is 5.78. The van der Waals surface area contributed by atoms with Crippen LogP contribution in [0.3, 0.4) is 0 Å². The largest absolute Gasteiger partial charge is 0.393 e. The topological polar surface area (TPSA) is 53.4 Å². The smallest absolute Gasteiger partial charge is 0.254 e. The highest BCUT2D eigenvalue weighted by Gasteiger charge is 2.26. The molecule has 0 spiro atoms. The monoisotopic (exact) mass is 280 g/mol. The molecular weight excluding hydrogens is 260 g/mol.